The van der Waals surface area contributed by atoms with Gasteiger partial charge in [0.2, 0.25) is 0 Å². The second-order valence-electron chi connectivity index (χ2n) is 16.7. The Balaban J connectivity index is 0.961. The fourth-order valence-electron chi connectivity index (χ4n) is 10.1. The SMILES string of the molecule is c1ccc(-c2cc(-c3ccccc3)cc(-n3c4ccccc4c4cc(-c5ccc6c(c5)c5ccccc5n6-c5ccc(-c6ccc7ccccc7n6)c6ccccc56)ccc43)c2)cc1. The second kappa shape index (κ2) is 14.5. The fraction of sp³-hybridized carbons (Fsp3) is 0. The van der Waals surface area contributed by atoms with Crippen molar-refractivity contribution < 1.29 is 0 Å². The average molecular weight is 814 g/mol. The summed E-state index contributed by atoms with van der Waals surface area (Å²) in [6.07, 6.45) is 0. The zero-order valence-electron chi connectivity index (χ0n) is 34.9. The molecule has 13 aromatic rings. The Hall–Kier alpha value is -8.53. The van der Waals surface area contributed by atoms with E-state index in [-0.39, 0.29) is 0 Å². The van der Waals surface area contributed by atoms with Crippen molar-refractivity contribution in [2.24, 2.45) is 0 Å². The lowest BCUT2D eigenvalue weighted by molar-refractivity contribution is 1.18. The molecule has 10 aromatic carbocycles. The molecule has 0 saturated carbocycles. The van der Waals surface area contributed by atoms with Crippen LogP contribution in [0, 0.1) is 0 Å². The summed E-state index contributed by atoms with van der Waals surface area (Å²) in [5, 5.41) is 8.44. The van der Waals surface area contributed by atoms with E-state index in [1.165, 1.54) is 87.8 Å². The number of hydrogen-bond donors (Lipinski definition) is 0. The lowest BCUT2D eigenvalue weighted by Crippen LogP contribution is -1.97. The Morgan fingerprint density at radius 2 is 0.797 bits per heavy atom. The largest absolute Gasteiger partial charge is 0.309 e. The third-order valence-electron chi connectivity index (χ3n) is 13.1. The summed E-state index contributed by atoms with van der Waals surface area (Å²) in [6, 6.07) is 86.0. The molecule has 0 aliphatic heterocycles. The maximum Gasteiger partial charge on any atom is 0.0715 e. The highest BCUT2D eigenvalue weighted by atomic mass is 15.0. The maximum atomic E-state index is 5.10. The summed E-state index contributed by atoms with van der Waals surface area (Å²) in [5.74, 6) is 0. The van der Waals surface area contributed by atoms with Crippen LogP contribution in [0.4, 0.5) is 0 Å². The van der Waals surface area contributed by atoms with Gasteiger partial charge in [0.25, 0.3) is 0 Å². The van der Waals surface area contributed by atoms with Crippen LogP contribution in [0.25, 0.3) is 121 Å². The van der Waals surface area contributed by atoms with Gasteiger partial charge in [-0.05, 0) is 112 Å². The number of hydrogen-bond acceptors (Lipinski definition) is 1. The molecule has 0 amide bonds. The average Bonchev–Trinajstić information content (AvgIpc) is 3.88. The molecule has 3 aromatic heterocycles. The van der Waals surface area contributed by atoms with Crippen LogP contribution in [0.2, 0.25) is 0 Å². The lowest BCUT2D eigenvalue weighted by Gasteiger charge is -2.15. The van der Waals surface area contributed by atoms with E-state index in [0.717, 1.165) is 33.5 Å². The van der Waals surface area contributed by atoms with Gasteiger partial charge in [-0.2, -0.15) is 0 Å². The van der Waals surface area contributed by atoms with Crippen molar-refractivity contribution in [3.8, 4) is 56.0 Å². The number of nitrogens with zero attached hydrogens (tertiary/aromatic N) is 3. The van der Waals surface area contributed by atoms with E-state index in [1.807, 2.05) is 0 Å². The van der Waals surface area contributed by atoms with Gasteiger partial charge in [0.15, 0.2) is 0 Å². The first kappa shape index (κ1) is 36.2. The van der Waals surface area contributed by atoms with Gasteiger partial charge in [0.05, 0.1) is 39.0 Å². The van der Waals surface area contributed by atoms with Crippen LogP contribution in [0.1, 0.15) is 0 Å². The molecule has 0 saturated heterocycles. The Kier molecular flexibility index (Phi) is 8.22. The molecule has 0 spiro atoms. The van der Waals surface area contributed by atoms with Crippen LogP contribution in [0.15, 0.2) is 237 Å². The van der Waals surface area contributed by atoms with Gasteiger partial charge in [-0.15, -0.1) is 0 Å². The van der Waals surface area contributed by atoms with Crippen LogP contribution in [-0.4, -0.2) is 14.1 Å². The van der Waals surface area contributed by atoms with Crippen LogP contribution in [0.3, 0.4) is 0 Å². The van der Waals surface area contributed by atoms with E-state index in [9.17, 15) is 0 Å². The zero-order chi connectivity index (χ0) is 42.1. The predicted octanol–water partition coefficient (Wildman–Crippen LogP) is 16.3. The van der Waals surface area contributed by atoms with Crippen molar-refractivity contribution in [1.82, 2.24) is 14.1 Å². The summed E-state index contributed by atoms with van der Waals surface area (Å²) in [7, 11) is 0. The summed E-state index contributed by atoms with van der Waals surface area (Å²) in [6.45, 7) is 0. The molecule has 0 aliphatic rings. The molecule has 0 unspecified atom stereocenters. The first-order chi connectivity index (χ1) is 31.7. The Morgan fingerprint density at radius 1 is 0.281 bits per heavy atom. The first-order valence-electron chi connectivity index (χ1n) is 21.9. The highest BCUT2D eigenvalue weighted by Crippen LogP contribution is 2.41. The molecular weight excluding hydrogens is 775 g/mol. The quantitative estimate of drug-likeness (QED) is 0.164. The molecular formula is C61H39N3. The highest BCUT2D eigenvalue weighted by molar-refractivity contribution is 6.14. The van der Waals surface area contributed by atoms with Crippen molar-refractivity contribution in [2.75, 3.05) is 0 Å². The first-order valence-corrected chi connectivity index (χ1v) is 21.9. The minimum atomic E-state index is 0.978. The Labute approximate surface area is 370 Å². The second-order valence-corrected chi connectivity index (χ2v) is 16.7. The molecule has 13 rings (SSSR count). The number of benzene rings is 10. The molecule has 0 radical (unpaired) electrons. The van der Waals surface area contributed by atoms with Crippen molar-refractivity contribution in [3.05, 3.63) is 237 Å². The van der Waals surface area contributed by atoms with Crippen LogP contribution in [0.5, 0.6) is 0 Å². The summed E-state index contributed by atoms with van der Waals surface area (Å²) < 4.78 is 4.88. The molecule has 0 atom stereocenters. The Bertz CT molecular complexity index is 3890. The van der Waals surface area contributed by atoms with Crippen molar-refractivity contribution in [3.63, 3.8) is 0 Å². The van der Waals surface area contributed by atoms with Crippen molar-refractivity contribution in [2.45, 2.75) is 0 Å². The molecule has 0 fully saturated rings. The number of aromatic nitrogens is 3. The third-order valence-corrected chi connectivity index (χ3v) is 13.1. The number of pyridine rings is 1. The van der Waals surface area contributed by atoms with Crippen LogP contribution >= 0.6 is 0 Å². The van der Waals surface area contributed by atoms with Gasteiger partial charge in [-0.25, -0.2) is 4.98 Å². The molecule has 3 heterocycles. The fourth-order valence-corrected chi connectivity index (χ4v) is 10.1. The normalized spacial score (nSPS) is 11.8. The van der Waals surface area contributed by atoms with E-state index < -0.39 is 0 Å². The van der Waals surface area contributed by atoms with Crippen molar-refractivity contribution in [1.29, 1.82) is 0 Å². The van der Waals surface area contributed by atoms with E-state index in [1.54, 1.807) is 0 Å². The standard InChI is InChI=1S/C61H39N3/c1-3-15-40(16-4-1)45-35-46(41-17-5-2-6-18-41)37-47(36-45)63-57-25-13-10-22-51(57)53-38-43(28-32-60(53)63)44-29-33-61-54(39-44)52-23-11-14-26-58(52)64(61)59-34-30-49(48-20-8-9-21-50(48)59)56-31-27-42-19-7-12-24-55(42)62-56/h1-39H. The van der Waals surface area contributed by atoms with Gasteiger partial charge in [0, 0.05) is 43.6 Å². The van der Waals surface area contributed by atoms with Gasteiger partial charge >= 0.3 is 0 Å². The summed E-state index contributed by atoms with van der Waals surface area (Å²) in [4.78, 5) is 5.10. The monoisotopic (exact) mass is 813 g/mol. The maximum absolute atomic E-state index is 5.10. The van der Waals surface area contributed by atoms with Crippen LogP contribution < -0.4 is 0 Å². The van der Waals surface area contributed by atoms with Gasteiger partial charge in [-0.3, -0.25) is 0 Å². The number of para-hydroxylation sites is 3. The molecule has 0 N–H and O–H groups in total. The number of fused-ring (bicyclic) bond motifs is 8. The van der Waals surface area contributed by atoms with E-state index >= 15 is 0 Å². The topological polar surface area (TPSA) is 22.8 Å². The van der Waals surface area contributed by atoms with E-state index in [4.69, 9.17) is 4.98 Å². The third kappa shape index (κ3) is 5.79. The molecule has 3 heteroatoms. The molecule has 64 heavy (non-hydrogen) atoms. The smallest absolute Gasteiger partial charge is 0.0715 e. The van der Waals surface area contributed by atoms with E-state index in [0.29, 0.717) is 0 Å². The predicted molar refractivity (Wildman–Crippen MR) is 270 cm³/mol. The number of rotatable bonds is 6. The van der Waals surface area contributed by atoms with Gasteiger partial charge in [-0.1, -0.05) is 164 Å². The van der Waals surface area contributed by atoms with Gasteiger partial charge < -0.3 is 9.13 Å². The summed E-state index contributed by atoms with van der Waals surface area (Å²) >= 11 is 0. The van der Waals surface area contributed by atoms with Crippen LogP contribution in [-0.2, 0) is 0 Å². The molecule has 0 aliphatic carbocycles. The van der Waals surface area contributed by atoms with E-state index in [2.05, 4.69) is 246 Å². The summed E-state index contributed by atoms with van der Waals surface area (Å²) in [5.41, 5.74) is 17.3. The van der Waals surface area contributed by atoms with Gasteiger partial charge in [0.1, 0.15) is 0 Å². The molecule has 3 nitrogen and oxygen atoms in total. The van der Waals surface area contributed by atoms with Crippen molar-refractivity contribution >= 4 is 65.3 Å². The Morgan fingerprint density at radius 3 is 1.45 bits per heavy atom. The molecule has 298 valence electrons. The minimum Gasteiger partial charge on any atom is -0.309 e. The highest BCUT2D eigenvalue weighted by Gasteiger charge is 2.19. The molecule has 0 bridgehead atoms. The lowest BCUT2D eigenvalue weighted by atomic mass is 9.98. The minimum absolute atomic E-state index is 0.978. The zero-order valence-corrected chi connectivity index (χ0v) is 34.9.